The Morgan fingerprint density at radius 1 is 1.27 bits per heavy atom. The second kappa shape index (κ2) is 12.0. The highest BCUT2D eigenvalue weighted by Crippen LogP contribution is 2.39. The number of aromatic nitrogens is 3. The first-order chi connectivity index (χ1) is 17.8. The number of carbonyl (C=O) groups excluding carboxylic acids is 2. The third-order valence-corrected chi connectivity index (χ3v) is 8.37. The minimum absolute atomic E-state index is 0.118. The number of ether oxygens (including phenoxy) is 2. The first-order valence-electron chi connectivity index (χ1n) is 12.3. The van der Waals surface area contributed by atoms with Crippen LogP contribution in [0.15, 0.2) is 36.0 Å². The number of fused-ring (bicyclic) bond motifs is 1. The van der Waals surface area contributed by atoms with Crippen LogP contribution < -0.4 is 10.1 Å². The van der Waals surface area contributed by atoms with Crippen LogP contribution in [0.3, 0.4) is 0 Å². The van der Waals surface area contributed by atoms with Crippen molar-refractivity contribution in [1.29, 1.82) is 0 Å². The fraction of sp³-hybridized carbons (Fsp3) is 0.407. The van der Waals surface area contributed by atoms with Crippen molar-refractivity contribution in [2.75, 3.05) is 17.7 Å². The van der Waals surface area contributed by atoms with Gasteiger partial charge in [-0.15, -0.1) is 28.1 Å². The zero-order valence-corrected chi connectivity index (χ0v) is 23.3. The van der Waals surface area contributed by atoms with Gasteiger partial charge in [-0.1, -0.05) is 23.9 Å². The third kappa shape index (κ3) is 6.07. The molecule has 1 aromatic carbocycles. The van der Waals surface area contributed by atoms with Crippen LogP contribution in [0, 0.1) is 13.8 Å². The van der Waals surface area contributed by atoms with Crippen LogP contribution in [-0.2, 0) is 28.9 Å². The lowest BCUT2D eigenvalue weighted by Gasteiger charge is -2.16. The van der Waals surface area contributed by atoms with E-state index in [4.69, 9.17) is 9.47 Å². The van der Waals surface area contributed by atoms with Crippen LogP contribution in [0.5, 0.6) is 5.75 Å². The van der Waals surface area contributed by atoms with Crippen molar-refractivity contribution in [3.8, 4) is 5.75 Å². The Hall–Kier alpha value is -3.11. The first-order valence-corrected chi connectivity index (χ1v) is 14.1. The molecule has 37 heavy (non-hydrogen) atoms. The molecule has 3 aromatic rings. The molecule has 0 saturated carbocycles. The number of thiophene rings is 1. The molecule has 1 unspecified atom stereocenters. The summed E-state index contributed by atoms with van der Waals surface area (Å²) >= 11 is 2.75. The molecule has 1 N–H and O–H groups in total. The van der Waals surface area contributed by atoms with E-state index in [0.29, 0.717) is 34.7 Å². The van der Waals surface area contributed by atoms with E-state index in [9.17, 15) is 9.59 Å². The number of carbonyl (C=O) groups is 2. The number of rotatable bonds is 11. The van der Waals surface area contributed by atoms with Gasteiger partial charge in [-0.3, -0.25) is 9.36 Å². The number of esters is 1. The number of benzene rings is 1. The molecule has 0 radical (unpaired) electrons. The van der Waals surface area contributed by atoms with Crippen LogP contribution in [0.1, 0.15) is 64.1 Å². The van der Waals surface area contributed by atoms with Gasteiger partial charge in [0.15, 0.2) is 17.1 Å². The predicted molar refractivity (Wildman–Crippen MR) is 147 cm³/mol. The van der Waals surface area contributed by atoms with Crippen molar-refractivity contribution in [3.63, 3.8) is 0 Å². The van der Waals surface area contributed by atoms with E-state index >= 15 is 0 Å². The molecule has 1 aliphatic carbocycles. The molecule has 8 nitrogen and oxygen atoms in total. The standard InChI is InChI=1S/C27H32N4O4S2/c1-6-13-31-24(18(5)35-19-12-11-16(3)17(4)14-19)29-30-27(31)36-15-22(32)28-25-23(26(33)34-7-2)20-9-8-10-21(20)37-25/h6,11-12,14,18H,1,7-10,13,15H2,2-5H3,(H,28,32). The molecule has 0 fully saturated rings. The predicted octanol–water partition coefficient (Wildman–Crippen LogP) is 5.68. The highest BCUT2D eigenvalue weighted by atomic mass is 32.2. The summed E-state index contributed by atoms with van der Waals surface area (Å²) < 4.78 is 13.3. The number of thioether (sulfide) groups is 1. The summed E-state index contributed by atoms with van der Waals surface area (Å²) in [5.41, 5.74) is 3.88. The van der Waals surface area contributed by atoms with Crippen molar-refractivity contribution in [1.82, 2.24) is 14.8 Å². The summed E-state index contributed by atoms with van der Waals surface area (Å²) in [5.74, 6) is 0.937. The Morgan fingerprint density at radius 3 is 2.81 bits per heavy atom. The zero-order chi connectivity index (χ0) is 26.5. The number of hydrogen-bond donors (Lipinski definition) is 1. The number of aryl methyl sites for hydroxylation is 3. The van der Waals surface area contributed by atoms with E-state index in [2.05, 4.69) is 29.0 Å². The molecule has 1 aliphatic rings. The maximum atomic E-state index is 12.9. The quantitative estimate of drug-likeness (QED) is 0.190. The van der Waals surface area contributed by atoms with E-state index in [1.54, 1.807) is 13.0 Å². The average Bonchev–Trinajstić information content (AvgIpc) is 3.55. The zero-order valence-electron chi connectivity index (χ0n) is 21.6. The fourth-order valence-corrected chi connectivity index (χ4v) is 6.31. The fourth-order valence-electron chi connectivity index (χ4n) is 4.26. The normalized spacial score (nSPS) is 13.2. The Bertz CT molecular complexity index is 1310. The molecular weight excluding hydrogens is 508 g/mol. The van der Waals surface area contributed by atoms with E-state index < -0.39 is 0 Å². The minimum Gasteiger partial charge on any atom is -0.483 e. The van der Waals surface area contributed by atoms with Crippen LogP contribution >= 0.6 is 23.1 Å². The molecule has 0 aliphatic heterocycles. The van der Waals surface area contributed by atoms with Gasteiger partial charge in [0.1, 0.15) is 10.8 Å². The highest BCUT2D eigenvalue weighted by Gasteiger charge is 2.28. The Balaban J connectivity index is 1.44. The van der Waals surface area contributed by atoms with Gasteiger partial charge in [0.2, 0.25) is 5.91 Å². The van der Waals surface area contributed by atoms with Crippen molar-refractivity contribution in [3.05, 3.63) is 63.8 Å². The topological polar surface area (TPSA) is 95.3 Å². The van der Waals surface area contributed by atoms with Crippen LogP contribution in [-0.4, -0.2) is 39.0 Å². The SMILES string of the molecule is C=CCn1c(SCC(=O)Nc2sc3c(c2C(=O)OCC)CCC3)nnc1C(C)Oc1ccc(C)c(C)c1. The van der Waals surface area contributed by atoms with Gasteiger partial charge >= 0.3 is 5.97 Å². The van der Waals surface area contributed by atoms with E-state index in [1.807, 2.05) is 36.6 Å². The van der Waals surface area contributed by atoms with Crippen LogP contribution in [0.2, 0.25) is 0 Å². The second-order valence-corrected chi connectivity index (χ2v) is 10.9. The highest BCUT2D eigenvalue weighted by molar-refractivity contribution is 7.99. The molecule has 10 heteroatoms. The summed E-state index contributed by atoms with van der Waals surface area (Å²) in [7, 11) is 0. The lowest BCUT2D eigenvalue weighted by atomic mass is 10.1. The van der Waals surface area contributed by atoms with Gasteiger partial charge in [0, 0.05) is 11.4 Å². The monoisotopic (exact) mass is 540 g/mol. The van der Waals surface area contributed by atoms with Crippen molar-refractivity contribution >= 4 is 40.0 Å². The molecule has 1 amide bonds. The van der Waals surface area contributed by atoms with Gasteiger partial charge in [0.05, 0.1) is 17.9 Å². The molecule has 1 atom stereocenters. The third-order valence-electron chi connectivity index (χ3n) is 6.20. The van der Waals surface area contributed by atoms with Crippen LogP contribution in [0.25, 0.3) is 0 Å². The van der Waals surface area contributed by atoms with Gasteiger partial charge in [-0.2, -0.15) is 0 Å². The molecule has 0 bridgehead atoms. The van der Waals surface area contributed by atoms with Crippen molar-refractivity contribution in [2.45, 2.75) is 64.8 Å². The summed E-state index contributed by atoms with van der Waals surface area (Å²) in [6, 6.07) is 5.98. The smallest absolute Gasteiger partial charge is 0.341 e. The summed E-state index contributed by atoms with van der Waals surface area (Å²) in [6.07, 6.45) is 4.19. The number of allylic oxidation sites excluding steroid dienone is 1. The minimum atomic E-state index is -0.377. The van der Waals surface area contributed by atoms with Crippen LogP contribution in [0.4, 0.5) is 5.00 Å². The summed E-state index contributed by atoms with van der Waals surface area (Å²) in [6.45, 7) is 12.4. The molecular formula is C27H32N4O4S2. The van der Waals surface area contributed by atoms with Crippen molar-refractivity contribution in [2.24, 2.45) is 0 Å². The number of anilines is 1. The lowest BCUT2D eigenvalue weighted by Crippen LogP contribution is -2.17. The number of nitrogens with one attached hydrogen (secondary N) is 1. The molecule has 0 saturated heterocycles. The van der Waals surface area contributed by atoms with Gasteiger partial charge in [-0.25, -0.2) is 4.79 Å². The second-order valence-electron chi connectivity index (χ2n) is 8.86. The number of hydrogen-bond acceptors (Lipinski definition) is 8. The maximum Gasteiger partial charge on any atom is 0.341 e. The van der Waals surface area contributed by atoms with E-state index in [0.717, 1.165) is 41.0 Å². The van der Waals surface area contributed by atoms with Crippen molar-refractivity contribution < 1.29 is 19.1 Å². The molecule has 2 heterocycles. The Labute approximate surface area is 225 Å². The lowest BCUT2D eigenvalue weighted by molar-refractivity contribution is -0.113. The Kier molecular flexibility index (Phi) is 8.71. The van der Waals surface area contributed by atoms with E-state index in [1.165, 1.54) is 28.7 Å². The number of amides is 1. The van der Waals surface area contributed by atoms with Gasteiger partial charge < -0.3 is 14.8 Å². The van der Waals surface area contributed by atoms with Gasteiger partial charge in [-0.05, 0) is 75.8 Å². The summed E-state index contributed by atoms with van der Waals surface area (Å²) in [5, 5.41) is 12.8. The van der Waals surface area contributed by atoms with E-state index in [-0.39, 0.29) is 23.7 Å². The summed E-state index contributed by atoms with van der Waals surface area (Å²) in [4.78, 5) is 26.6. The van der Waals surface area contributed by atoms with Gasteiger partial charge in [0.25, 0.3) is 0 Å². The molecule has 0 spiro atoms. The first kappa shape index (κ1) is 26.9. The number of nitrogens with zero attached hydrogens (tertiary/aromatic N) is 3. The Morgan fingerprint density at radius 2 is 2.08 bits per heavy atom. The maximum absolute atomic E-state index is 12.9. The average molecular weight is 541 g/mol. The molecule has 2 aromatic heterocycles. The molecule has 4 rings (SSSR count). The largest absolute Gasteiger partial charge is 0.483 e. The molecule has 196 valence electrons.